The maximum Gasteiger partial charge on any atom is 0.393 e. The molecule has 0 spiro atoms. The average molecular weight is 179 g/mol. The van der Waals surface area contributed by atoms with Crippen molar-refractivity contribution in [3.8, 4) is 0 Å². The Balaban J connectivity index is 3.75. The second kappa shape index (κ2) is 3.32. The van der Waals surface area contributed by atoms with Gasteiger partial charge in [-0.15, -0.1) is 0 Å². The van der Waals surface area contributed by atoms with Crippen LogP contribution in [0.25, 0.3) is 0 Å². The van der Waals surface area contributed by atoms with Gasteiger partial charge in [0, 0.05) is 10.6 Å². The van der Waals surface area contributed by atoms with Gasteiger partial charge in [-0.3, -0.25) is 0 Å². The predicted molar refractivity (Wildman–Crippen MR) is 30.5 cm³/mol. The van der Waals surface area contributed by atoms with Gasteiger partial charge >= 0.3 is 6.18 Å². The van der Waals surface area contributed by atoms with E-state index in [0.717, 1.165) is 0 Å². The molecule has 0 rings (SSSR count). The summed E-state index contributed by atoms with van der Waals surface area (Å²) in [6.07, 6.45) is -5.42. The number of allylic oxidation sites excluding steroid dienone is 1. The summed E-state index contributed by atoms with van der Waals surface area (Å²) in [5.41, 5.74) is 0.703. The van der Waals surface area contributed by atoms with Crippen molar-refractivity contribution >= 4 is 23.2 Å². The highest BCUT2D eigenvalue weighted by molar-refractivity contribution is 6.36. The minimum absolute atomic E-state index is 0.399. The van der Waals surface area contributed by atoms with Crippen LogP contribution in [0.1, 0.15) is 6.42 Å². The van der Waals surface area contributed by atoms with Crippen molar-refractivity contribution in [3.05, 3.63) is 10.6 Å². The lowest BCUT2D eigenvalue weighted by molar-refractivity contribution is -0.125. The van der Waals surface area contributed by atoms with Crippen molar-refractivity contribution in [2.75, 3.05) is 0 Å². The second-order valence-electron chi connectivity index (χ2n) is 1.35. The van der Waals surface area contributed by atoms with Gasteiger partial charge in [0.25, 0.3) is 0 Å². The van der Waals surface area contributed by atoms with Crippen LogP contribution >= 0.6 is 23.2 Å². The Labute approximate surface area is 60.2 Å². The van der Waals surface area contributed by atoms with Gasteiger partial charge in [-0.1, -0.05) is 23.2 Å². The highest BCUT2D eigenvalue weighted by Crippen LogP contribution is 2.26. The third-order valence-corrected chi connectivity index (χ3v) is 1.11. The summed E-state index contributed by atoms with van der Waals surface area (Å²) in [5.74, 6) is 0. The van der Waals surface area contributed by atoms with Crippen LogP contribution in [0.2, 0.25) is 0 Å². The molecule has 0 unspecified atom stereocenters. The fourth-order valence-electron chi connectivity index (χ4n) is 0.230. The molecule has 0 aromatic heterocycles. The van der Waals surface area contributed by atoms with Gasteiger partial charge < -0.3 is 0 Å². The molecule has 0 aromatic rings. The Morgan fingerprint density at radius 1 is 1.44 bits per heavy atom. The summed E-state index contributed by atoms with van der Waals surface area (Å²) in [6, 6.07) is 0. The zero-order valence-electron chi connectivity index (χ0n) is 4.17. The minimum Gasteiger partial charge on any atom is -0.171 e. The molecule has 0 saturated carbocycles. The molecular formula is C4H3Cl2F3. The highest BCUT2D eigenvalue weighted by atomic mass is 35.5. The number of alkyl halides is 3. The molecule has 0 heterocycles. The number of hydrogen-bond acceptors (Lipinski definition) is 0. The van der Waals surface area contributed by atoms with Gasteiger partial charge in [-0.25, -0.2) is 0 Å². The van der Waals surface area contributed by atoms with Crippen LogP contribution in [0, 0.1) is 0 Å². The average Bonchev–Trinajstić information content (AvgIpc) is 1.62. The standard InChI is InChI=1S/C4H3Cl2F3/c5-2-3(6)1-4(7,8)9/h2H,1H2/b3-2-. The molecule has 0 atom stereocenters. The van der Waals surface area contributed by atoms with Gasteiger partial charge in [0.15, 0.2) is 0 Å². The van der Waals surface area contributed by atoms with E-state index in [1.54, 1.807) is 0 Å². The summed E-state index contributed by atoms with van der Waals surface area (Å²) in [4.78, 5) is 0. The number of rotatable bonds is 1. The van der Waals surface area contributed by atoms with Crippen molar-refractivity contribution in [2.24, 2.45) is 0 Å². The van der Waals surface area contributed by atoms with Crippen LogP contribution in [0.15, 0.2) is 10.6 Å². The first kappa shape index (κ1) is 9.11. The van der Waals surface area contributed by atoms with Crippen molar-refractivity contribution in [1.29, 1.82) is 0 Å². The molecule has 5 heteroatoms. The van der Waals surface area contributed by atoms with Crippen molar-refractivity contribution in [2.45, 2.75) is 12.6 Å². The minimum atomic E-state index is -4.26. The van der Waals surface area contributed by atoms with Gasteiger partial charge in [-0.05, 0) is 0 Å². The molecule has 0 aliphatic rings. The van der Waals surface area contributed by atoms with Crippen molar-refractivity contribution in [3.63, 3.8) is 0 Å². The molecule has 0 N–H and O–H groups in total. The topological polar surface area (TPSA) is 0 Å². The lowest BCUT2D eigenvalue weighted by atomic mass is 10.4. The van der Waals surface area contributed by atoms with Crippen LogP contribution in [-0.4, -0.2) is 6.18 Å². The van der Waals surface area contributed by atoms with Crippen LogP contribution in [0.3, 0.4) is 0 Å². The Bertz CT molecular complexity index is 115. The zero-order valence-corrected chi connectivity index (χ0v) is 5.69. The summed E-state index contributed by atoms with van der Waals surface area (Å²) >= 11 is 9.82. The van der Waals surface area contributed by atoms with E-state index in [1.807, 2.05) is 0 Å². The maximum absolute atomic E-state index is 11.3. The van der Waals surface area contributed by atoms with E-state index in [1.165, 1.54) is 0 Å². The SMILES string of the molecule is FC(F)(F)C/C(Cl)=C/Cl. The Morgan fingerprint density at radius 2 is 1.89 bits per heavy atom. The lowest BCUT2D eigenvalue weighted by Gasteiger charge is -2.02. The summed E-state index contributed by atoms with van der Waals surface area (Å²) in [6.45, 7) is 0. The zero-order chi connectivity index (χ0) is 7.49. The molecule has 54 valence electrons. The van der Waals surface area contributed by atoms with Crippen LogP contribution in [-0.2, 0) is 0 Å². The van der Waals surface area contributed by atoms with E-state index in [9.17, 15) is 13.2 Å². The summed E-state index contributed by atoms with van der Waals surface area (Å²) in [7, 11) is 0. The fraction of sp³-hybridized carbons (Fsp3) is 0.500. The number of hydrogen-bond donors (Lipinski definition) is 0. The molecule has 0 bridgehead atoms. The number of halogens is 5. The van der Waals surface area contributed by atoms with E-state index in [0.29, 0.717) is 5.54 Å². The van der Waals surface area contributed by atoms with Gasteiger partial charge in [0.05, 0.1) is 6.42 Å². The van der Waals surface area contributed by atoms with Crippen molar-refractivity contribution < 1.29 is 13.2 Å². The third-order valence-electron chi connectivity index (χ3n) is 0.488. The summed E-state index contributed by atoms with van der Waals surface area (Å²) in [5, 5.41) is -0.399. The van der Waals surface area contributed by atoms with Crippen LogP contribution < -0.4 is 0 Å². The smallest absolute Gasteiger partial charge is 0.171 e. The quantitative estimate of drug-likeness (QED) is 0.579. The maximum atomic E-state index is 11.3. The molecule has 0 nitrogen and oxygen atoms in total. The van der Waals surface area contributed by atoms with Crippen LogP contribution in [0.5, 0.6) is 0 Å². The van der Waals surface area contributed by atoms with E-state index in [4.69, 9.17) is 23.2 Å². The molecule has 0 saturated heterocycles. The third kappa shape index (κ3) is 5.99. The Morgan fingerprint density at radius 3 is 2.00 bits per heavy atom. The highest BCUT2D eigenvalue weighted by Gasteiger charge is 2.27. The molecule has 0 amide bonds. The Kier molecular flexibility index (Phi) is 3.36. The largest absolute Gasteiger partial charge is 0.393 e. The van der Waals surface area contributed by atoms with E-state index in [2.05, 4.69) is 0 Å². The first-order valence-electron chi connectivity index (χ1n) is 1.97. The fourth-order valence-corrected chi connectivity index (χ4v) is 0.459. The molecule has 0 aromatic carbocycles. The van der Waals surface area contributed by atoms with Gasteiger partial charge in [-0.2, -0.15) is 13.2 Å². The van der Waals surface area contributed by atoms with E-state index < -0.39 is 17.6 Å². The first-order valence-corrected chi connectivity index (χ1v) is 2.78. The van der Waals surface area contributed by atoms with E-state index >= 15 is 0 Å². The van der Waals surface area contributed by atoms with Gasteiger partial charge in [0.1, 0.15) is 0 Å². The van der Waals surface area contributed by atoms with E-state index in [-0.39, 0.29) is 0 Å². The summed E-state index contributed by atoms with van der Waals surface area (Å²) < 4.78 is 33.9. The first-order chi connectivity index (χ1) is 3.95. The molecule has 0 fully saturated rings. The van der Waals surface area contributed by atoms with Crippen molar-refractivity contribution in [1.82, 2.24) is 0 Å². The van der Waals surface area contributed by atoms with Crippen LogP contribution in [0.4, 0.5) is 13.2 Å². The second-order valence-corrected chi connectivity index (χ2v) is 2.05. The normalized spacial score (nSPS) is 14.1. The molecule has 0 radical (unpaired) electrons. The predicted octanol–water partition coefficient (Wildman–Crippen LogP) is 3.26. The van der Waals surface area contributed by atoms with Gasteiger partial charge in [0.2, 0.25) is 0 Å². The Hall–Kier alpha value is 0.110. The molecule has 9 heavy (non-hydrogen) atoms. The lowest BCUT2D eigenvalue weighted by Crippen LogP contribution is -2.05. The molecule has 0 aliphatic heterocycles. The monoisotopic (exact) mass is 178 g/mol. The molecular weight excluding hydrogens is 176 g/mol. The molecule has 0 aliphatic carbocycles.